The fourth-order valence-electron chi connectivity index (χ4n) is 1.25. The lowest BCUT2D eigenvalue weighted by molar-refractivity contribution is 0.102. The zero-order valence-corrected chi connectivity index (χ0v) is 10.3. The van der Waals surface area contributed by atoms with Gasteiger partial charge >= 0.3 is 0 Å². The highest BCUT2D eigenvalue weighted by Crippen LogP contribution is 2.23. The van der Waals surface area contributed by atoms with E-state index >= 15 is 0 Å². The Morgan fingerprint density at radius 2 is 2.12 bits per heavy atom. The van der Waals surface area contributed by atoms with Crippen molar-refractivity contribution in [3.8, 4) is 0 Å². The summed E-state index contributed by atoms with van der Waals surface area (Å²) in [6.45, 7) is 0. The first-order valence-corrected chi connectivity index (χ1v) is 5.59. The van der Waals surface area contributed by atoms with E-state index in [1.54, 1.807) is 24.3 Å². The molecule has 1 heterocycles. The Balaban J connectivity index is 2.16. The number of rotatable bonds is 2. The second-order valence-corrected chi connectivity index (χ2v) is 4.18. The summed E-state index contributed by atoms with van der Waals surface area (Å²) >= 11 is 3.28. The topological polar surface area (TPSA) is 80.9 Å². The fraction of sp³-hybridized carbons (Fsp3) is 0. The molecule has 1 aromatic heterocycles. The Morgan fingerprint density at radius 3 is 2.76 bits per heavy atom. The van der Waals surface area contributed by atoms with E-state index in [1.807, 2.05) is 0 Å². The number of nitrogens with one attached hydrogen (secondary N) is 1. The van der Waals surface area contributed by atoms with E-state index in [0.29, 0.717) is 16.9 Å². The molecule has 86 valence electrons. The summed E-state index contributed by atoms with van der Waals surface area (Å²) in [5, 5.41) is 9.96. The Kier molecular flexibility index (Phi) is 3.34. The van der Waals surface area contributed by atoms with Gasteiger partial charge in [-0.15, -0.1) is 0 Å². The van der Waals surface area contributed by atoms with Crippen molar-refractivity contribution in [3.05, 3.63) is 46.7 Å². The maximum Gasteiger partial charge on any atom is 0.257 e. The number of nitrogen functional groups attached to an aromatic ring is 1. The van der Waals surface area contributed by atoms with Gasteiger partial charge in [0.2, 0.25) is 0 Å². The summed E-state index contributed by atoms with van der Waals surface area (Å²) < 4.78 is 0.793. The molecule has 17 heavy (non-hydrogen) atoms. The van der Waals surface area contributed by atoms with Crippen LogP contribution in [0.15, 0.2) is 41.1 Å². The maximum atomic E-state index is 11.8. The molecule has 0 aliphatic carbocycles. The second-order valence-electron chi connectivity index (χ2n) is 3.32. The number of carbonyl (C=O) groups excluding carboxylic acids is 1. The van der Waals surface area contributed by atoms with Crippen LogP contribution in [0.25, 0.3) is 0 Å². The number of nitrogens with zero attached hydrogens (tertiary/aromatic N) is 2. The standard InChI is InChI=1S/C11H9BrN4O/c12-9-2-1-8(5-10(9)13)16-11(17)7-3-4-14-15-6-7/h1-6H,13H2,(H,16,17). The van der Waals surface area contributed by atoms with Gasteiger partial charge in [-0.3, -0.25) is 4.79 Å². The number of aromatic nitrogens is 2. The number of halogens is 1. The van der Waals surface area contributed by atoms with Gasteiger partial charge in [-0.05, 0) is 40.2 Å². The summed E-state index contributed by atoms with van der Waals surface area (Å²) in [6.07, 6.45) is 2.86. The molecule has 2 rings (SSSR count). The minimum absolute atomic E-state index is 0.248. The lowest BCUT2D eigenvalue weighted by Crippen LogP contribution is -2.12. The highest BCUT2D eigenvalue weighted by atomic mass is 79.9. The van der Waals surface area contributed by atoms with Gasteiger partial charge in [0, 0.05) is 15.8 Å². The maximum absolute atomic E-state index is 11.8. The number of amides is 1. The lowest BCUT2D eigenvalue weighted by atomic mass is 10.2. The van der Waals surface area contributed by atoms with Gasteiger partial charge < -0.3 is 11.1 Å². The fourth-order valence-corrected chi connectivity index (χ4v) is 1.50. The van der Waals surface area contributed by atoms with Gasteiger partial charge in [-0.2, -0.15) is 10.2 Å². The van der Waals surface area contributed by atoms with Crippen molar-refractivity contribution in [3.63, 3.8) is 0 Å². The van der Waals surface area contributed by atoms with Gasteiger partial charge in [0.25, 0.3) is 5.91 Å². The smallest absolute Gasteiger partial charge is 0.257 e. The number of hydrogen-bond acceptors (Lipinski definition) is 4. The average Bonchev–Trinajstić information content (AvgIpc) is 2.35. The monoisotopic (exact) mass is 292 g/mol. The van der Waals surface area contributed by atoms with Gasteiger partial charge in [-0.1, -0.05) is 0 Å². The Morgan fingerprint density at radius 1 is 1.29 bits per heavy atom. The molecule has 1 aromatic carbocycles. The molecule has 0 spiro atoms. The predicted octanol–water partition coefficient (Wildman–Crippen LogP) is 2.07. The van der Waals surface area contributed by atoms with Crippen LogP contribution in [0.1, 0.15) is 10.4 Å². The molecule has 0 radical (unpaired) electrons. The van der Waals surface area contributed by atoms with Crippen molar-refractivity contribution in [1.82, 2.24) is 10.2 Å². The number of nitrogens with two attached hydrogens (primary N) is 1. The summed E-state index contributed by atoms with van der Waals surface area (Å²) in [4.78, 5) is 11.8. The predicted molar refractivity (Wildman–Crippen MR) is 68.5 cm³/mol. The van der Waals surface area contributed by atoms with Crippen molar-refractivity contribution in [1.29, 1.82) is 0 Å². The molecule has 0 fully saturated rings. The Bertz CT molecular complexity index is 544. The van der Waals surface area contributed by atoms with E-state index in [9.17, 15) is 4.79 Å². The molecule has 0 bridgehead atoms. The third-order valence-electron chi connectivity index (χ3n) is 2.10. The molecule has 0 aliphatic heterocycles. The minimum Gasteiger partial charge on any atom is -0.398 e. The van der Waals surface area contributed by atoms with Crippen molar-refractivity contribution in [2.45, 2.75) is 0 Å². The van der Waals surface area contributed by atoms with Crippen LogP contribution in [0.3, 0.4) is 0 Å². The van der Waals surface area contributed by atoms with Crippen molar-refractivity contribution in [2.75, 3.05) is 11.1 Å². The van der Waals surface area contributed by atoms with Gasteiger partial charge in [-0.25, -0.2) is 0 Å². The SMILES string of the molecule is Nc1cc(NC(=O)c2ccnnc2)ccc1Br. The zero-order chi connectivity index (χ0) is 12.3. The van der Waals surface area contributed by atoms with Gasteiger partial charge in [0.05, 0.1) is 18.0 Å². The second kappa shape index (κ2) is 4.92. The molecule has 3 N–H and O–H groups in total. The largest absolute Gasteiger partial charge is 0.398 e. The molecular formula is C11H9BrN4O. The highest BCUT2D eigenvalue weighted by molar-refractivity contribution is 9.10. The summed E-state index contributed by atoms with van der Waals surface area (Å²) in [6, 6.07) is 6.80. The van der Waals surface area contributed by atoms with Crippen molar-refractivity contribution >= 4 is 33.2 Å². The van der Waals surface area contributed by atoms with Crippen LogP contribution in [0, 0.1) is 0 Å². The van der Waals surface area contributed by atoms with Gasteiger partial charge in [0.15, 0.2) is 0 Å². The van der Waals surface area contributed by atoms with Crippen LogP contribution in [0.5, 0.6) is 0 Å². The Hall–Kier alpha value is -1.95. The van der Waals surface area contributed by atoms with E-state index in [4.69, 9.17) is 5.73 Å². The first kappa shape index (κ1) is 11.5. The first-order chi connectivity index (χ1) is 8.16. The van der Waals surface area contributed by atoms with Gasteiger partial charge in [0.1, 0.15) is 0 Å². The van der Waals surface area contributed by atoms with Crippen molar-refractivity contribution in [2.24, 2.45) is 0 Å². The third-order valence-corrected chi connectivity index (χ3v) is 2.82. The summed E-state index contributed by atoms with van der Waals surface area (Å²) in [7, 11) is 0. The van der Waals surface area contributed by atoms with Crippen LogP contribution in [-0.4, -0.2) is 16.1 Å². The van der Waals surface area contributed by atoms with Crippen LogP contribution >= 0.6 is 15.9 Å². The Labute approximate surface area is 106 Å². The van der Waals surface area contributed by atoms with E-state index in [0.717, 1.165) is 4.47 Å². The number of hydrogen-bond donors (Lipinski definition) is 2. The molecule has 0 atom stereocenters. The third kappa shape index (κ3) is 2.79. The van der Waals surface area contributed by atoms with Crippen LogP contribution in [0.2, 0.25) is 0 Å². The highest BCUT2D eigenvalue weighted by Gasteiger charge is 2.06. The molecule has 1 amide bonds. The van der Waals surface area contributed by atoms with Crippen molar-refractivity contribution < 1.29 is 4.79 Å². The quantitative estimate of drug-likeness (QED) is 0.831. The zero-order valence-electron chi connectivity index (χ0n) is 8.72. The van der Waals surface area contributed by atoms with E-state index in [1.165, 1.54) is 12.4 Å². The molecule has 5 nitrogen and oxygen atoms in total. The average molecular weight is 293 g/mol. The van der Waals surface area contributed by atoms with E-state index < -0.39 is 0 Å². The van der Waals surface area contributed by atoms with Crippen LogP contribution in [0.4, 0.5) is 11.4 Å². The number of benzene rings is 1. The van der Waals surface area contributed by atoms with E-state index in [-0.39, 0.29) is 5.91 Å². The van der Waals surface area contributed by atoms with Crippen LogP contribution in [-0.2, 0) is 0 Å². The minimum atomic E-state index is -0.248. The summed E-state index contributed by atoms with van der Waals surface area (Å²) in [5.41, 5.74) is 7.36. The van der Waals surface area contributed by atoms with Crippen LogP contribution < -0.4 is 11.1 Å². The molecule has 0 unspecified atom stereocenters. The van der Waals surface area contributed by atoms with E-state index in [2.05, 4.69) is 31.4 Å². The molecule has 0 saturated carbocycles. The molecular weight excluding hydrogens is 284 g/mol. The summed E-state index contributed by atoms with van der Waals surface area (Å²) in [5.74, 6) is -0.248. The molecule has 0 saturated heterocycles. The normalized spacial score (nSPS) is 9.94. The number of anilines is 2. The lowest BCUT2D eigenvalue weighted by Gasteiger charge is -2.06. The molecule has 0 aliphatic rings. The molecule has 6 heteroatoms. The number of carbonyl (C=O) groups is 1. The molecule has 2 aromatic rings. The first-order valence-electron chi connectivity index (χ1n) is 4.80.